The number of rotatable bonds is 3. The van der Waals surface area contributed by atoms with E-state index in [1.807, 2.05) is 18.7 Å². The third kappa shape index (κ3) is 3.20. The highest BCUT2D eigenvalue weighted by Gasteiger charge is 2.43. The van der Waals surface area contributed by atoms with Gasteiger partial charge in [0.1, 0.15) is 5.82 Å². The number of carbonyl (C=O) groups is 1. The number of halogens is 1. The predicted octanol–water partition coefficient (Wildman–Crippen LogP) is 2.49. The molecule has 0 aromatic heterocycles. The molecule has 2 aliphatic heterocycles. The molecule has 2 heterocycles. The number of amides is 1. The van der Waals surface area contributed by atoms with E-state index in [0.29, 0.717) is 26.2 Å². The molecule has 2 fully saturated rings. The van der Waals surface area contributed by atoms with E-state index in [9.17, 15) is 14.3 Å². The highest BCUT2D eigenvalue weighted by molar-refractivity contribution is 5.88. The van der Waals surface area contributed by atoms with Crippen LogP contribution in [-0.2, 0) is 14.9 Å². The van der Waals surface area contributed by atoms with Crippen LogP contribution in [0.1, 0.15) is 38.7 Å². The Labute approximate surface area is 142 Å². The van der Waals surface area contributed by atoms with Crippen molar-refractivity contribution >= 4 is 5.91 Å². The number of benzene rings is 1. The quantitative estimate of drug-likeness (QED) is 0.923. The topological polar surface area (TPSA) is 49.8 Å². The molecular weight excluding hydrogens is 309 g/mol. The van der Waals surface area contributed by atoms with E-state index in [0.717, 1.165) is 18.4 Å². The van der Waals surface area contributed by atoms with E-state index in [1.54, 1.807) is 12.1 Å². The van der Waals surface area contributed by atoms with E-state index in [2.05, 4.69) is 0 Å². The largest absolute Gasteiger partial charge is 0.393 e. The molecule has 5 heteroatoms. The van der Waals surface area contributed by atoms with Crippen LogP contribution in [0.4, 0.5) is 4.39 Å². The van der Waals surface area contributed by atoms with Gasteiger partial charge in [-0.3, -0.25) is 4.79 Å². The molecule has 4 nitrogen and oxygen atoms in total. The number of likely N-dealkylation sites (tertiary alicyclic amines) is 1. The molecule has 0 radical (unpaired) electrons. The Kier molecular flexibility index (Phi) is 4.92. The third-order valence-corrected chi connectivity index (χ3v) is 5.52. The standard InChI is InChI=1S/C19H26FNO3/c1-19(2,13-5-7-14(20)8-6-13)18(23)21-10-3-4-16(21)15-12-24-11-9-17(15)22/h5-8,15-17,22H,3-4,9-12H2,1-2H3/t15-,16-,17+/m1/s1. The van der Waals surface area contributed by atoms with Crippen molar-refractivity contribution in [3.8, 4) is 0 Å². The number of hydrogen-bond acceptors (Lipinski definition) is 3. The summed E-state index contributed by atoms with van der Waals surface area (Å²) in [5, 5.41) is 10.3. The molecule has 3 atom stereocenters. The fourth-order valence-electron chi connectivity index (χ4n) is 3.95. The lowest BCUT2D eigenvalue weighted by Crippen LogP contribution is -2.52. The number of ether oxygens (including phenoxy) is 1. The van der Waals surface area contributed by atoms with Crippen molar-refractivity contribution in [1.29, 1.82) is 0 Å². The predicted molar refractivity (Wildman–Crippen MR) is 89.1 cm³/mol. The van der Waals surface area contributed by atoms with Gasteiger partial charge in [-0.05, 0) is 50.8 Å². The highest BCUT2D eigenvalue weighted by Crippen LogP contribution is 2.34. The Balaban J connectivity index is 1.80. The molecule has 0 spiro atoms. The summed E-state index contributed by atoms with van der Waals surface area (Å²) < 4.78 is 18.7. The number of aliphatic hydroxyl groups is 1. The second kappa shape index (κ2) is 6.81. The molecule has 1 aromatic rings. The van der Waals surface area contributed by atoms with Crippen LogP contribution in [0, 0.1) is 11.7 Å². The summed E-state index contributed by atoms with van der Waals surface area (Å²) in [7, 11) is 0. The first kappa shape index (κ1) is 17.4. The van der Waals surface area contributed by atoms with Crippen molar-refractivity contribution in [2.45, 2.75) is 50.7 Å². The second-order valence-electron chi connectivity index (χ2n) is 7.43. The molecule has 1 aromatic carbocycles. The molecule has 0 unspecified atom stereocenters. The van der Waals surface area contributed by atoms with Crippen molar-refractivity contribution < 1.29 is 19.0 Å². The van der Waals surface area contributed by atoms with Crippen molar-refractivity contribution in [1.82, 2.24) is 4.90 Å². The van der Waals surface area contributed by atoms with Gasteiger partial charge in [-0.2, -0.15) is 0 Å². The first-order valence-electron chi connectivity index (χ1n) is 8.74. The lowest BCUT2D eigenvalue weighted by atomic mass is 9.82. The van der Waals surface area contributed by atoms with Crippen molar-refractivity contribution in [2.75, 3.05) is 19.8 Å². The van der Waals surface area contributed by atoms with Gasteiger partial charge in [0.2, 0.25) is 5.91 Å². The maximum atomic E-state index is 13.2. The first-order chi connectivity index (χ1) is 11.4. The lowest BCUT2D eigenvalue weighted by molar-refractivity contribution is -0.141. The van der Waals surface area contributed by atoms with Gasteiger partial charge in [0, 0.05) is 25.1 Å². The van der Waals surface area contributed by atoms with Crippen LogP contribution in [0.2, 0.25) is 0 Å². The van der Waals surface area contributed by atoms with E-state index in [4.69, 9.17) is 4.74 Å². The zero-order chi connectivity index (χ0) is 17.3. The number of carbonyl (C=O) groups excluding carboxylic acids is 1. The van der Waals surface area contributed by atoms with Crippen LogP contribution in [-0.4, -0.2) is 47.8 Å². The van der Waals surface area contributed by atoms with Gasteiger partial charge in [0.25, 0.3) is 0 Å². The molecule has 24 heavy (non-hydrogen) atoms. The van der Waals surface area contributed by atoms with Crippen LogP contribution in [0.15, 0.2) is 24.3 Å². The van der Waals surface area contributed by atoms with Crippen molar-refractivity contribution in [3.05, 3.63) is 35.6 Å². The van der Waals surface area contributed by atoms with Crippen LogP contribution in [0.3, 0.4) is 0 Å². The van der Waals surface area contributed by atoms with Gasteiger partial charge in [0.05, 0.1) is 18.1 Å². The maximum absolute atomic E-state index is 13.2. The Morgan fingerprint density at radius 1 is 1.29 bits per heavy atom. The van der Waals surface area contributed by atoms with E-state index in [1.165, 1.54) is 12.1 Å². The van der Waals surface area contributed by atoms with E-state index in [-0.39, 0.29) is 23.7 Å². The second-order valence-corrected chi connectivity index (χ2v) is 7.43. The molecule has 0 bridgehead atoms. The summed E-state index contributed by atoms with van der Waals surface area (Å²) >= 11 is 0. The van der Waals surface area contributed by atoms with Crippen LogP contribution >= 0.6 is 0 Å². The smallest absolute Gasteiger partial charge is 0.232 e. The molecule has 2 saturated heterocycles. The summed E-state index contributed by atoms with van der Waals surface area (Å²) in [4.78, 5) is 15.1. The summed E-state index contributed by atoms with van der Waals surface area (Å²) in [6.45, 7) is 5.56. The minimum absolute atomic E-state index is 0.0192. The van der Waals surface area contributed by atoms with Crippen molar-refractivity contribution in [2.24, 2.45) is 5.92 Å². The molecule has 2 aliphatic rings. The monoisotopic (exact) mass is 335 g/mol. The van der Waals surface area contributed by atoms with Crippen LogP contribution < -0.4 is 0 Å². The zero-order valence-corrected chi connectivity index (χ0v) is 14.4. The average molecular weight is 335 g/mol. The number of aliphatic hydroxyl groups excluding tert-OH is 1. The van der Waals surface area contributed by atoms with Crippen LogP contribution in [0.5, 0.6) is 0 Å². The minimum Gasteiger partial charge on any atom is -0.393 e. The maximum Gasteiger partial charge on any atom is 0.232 e. The zero-order valence-electron chi connectivity index (χ0n) is 14.4. The Morgan fingerprint density at radius 2 is 2.00 bits per heavy atom. The van der Waals surface area contributed by atoms with Gasteiger partial charge in [-0.25, -0.2) is 4.39 Å². The molecule has 0 saturated carbocycles. The molecular formula is C19H26FNO3. The molecule has 132 valence electrons. The molecule has 0 aliphatic carbocycles. The number of hydrogen-bond donors (Lipinski definition) is 1. The molecule has 1 N–H and O–H groups in total. The van der Waals surface area contributed by atoms with Crippen LogP contribution in [0.25, 0.3) is 0 Å². The van der Waals surface area contributed by atoms with Gasteiger partial charge < -0.3 is 14.7 Å². The van der Waals surface area contributed by atoms with Gasteiger partial charge >= 0.3 is 0 Å². The molecule has 3 rings (SSSR count). The van der Waals surface area contributed by atoms with E-state index >= 15 is 0 Å². The third-order valence-electron chi connectivity index (χ3n) is 5.52. The Morgan fingerprint density at radius 3 is 2.67 bits per heavy atom. The first-order valence-corrected chi connectivity index (χ1v) is 8.74. The van der Waals surface area contributed by atoms with Crippen molar-refractivity contribution in [3.63, 3.8) is 0 Å². The van der Waals surface area contributed by atoms with Gasteiger partial charge in [-0.15, -0.1) is 0 Å². The van der Waals surface area contributed by atoms with E-state index < -0.39 is 11.5 Å². The number of nitrogens with zero attached hydrogens (tertiary/aromatic N) is 1. The Hall–Kier alpha value is -1.46. The normalized spacial score (nSPS) is 28.2. The average Bonchev–Trinajstić information content (AvgIpc) is 3.04. The highest BCUT2D eigenvalue weighted by atomic mass is 19.1. The minimum atomic E-state index is -0.725. The van der Waals surface area contributed by atoms with Gasteiger partial charge in [-0.1, -0.05) is 12.1 Å². The summed E-state index contributed by atoms with van der Waals surface area (Å²) in [6.07, 6.45) is 2.06. The fraction of sp³-hybridized carbons (Fsp3) is 0.632. The summed E-state index contributed by atoms with van der Waals surface area (Å²) in [5.41, 5.74) is 0.0801. The lowest BCUT2D eigenvalue weighted by Gasteiger charge is -2.40. The van der Waals surface area contributed by atoms with Gasteiger partial charge in [0.15, 0.2) is 0 Å². The molecule has 1 amide bonds. The SMILES string of the molecule is CC(C)(C(=O)N1CCC[C@@H]1[C@H]1COCC[C@@H]1O)c1ccc(F)cc1. The Bertz CT molecular complexity index is 587. The summed E-state index contributed by atoms with van der Waals surface area (Å²) in [6, 6.07) is 6.16. The summed E-state index contributed by atoms with van der Waals surface area (Å²) in [5.74, 6) is -0.285. The fourth-order valence-corrected chi connectivity index (χ4v) is 3.95.